The highest BCUT2D eigenvalue weighted by atomic mass is 17.3. The Balaban J connectivity index is 1.13. The first-order chi connectivity index (χ1) is 17.2. The van der Waals surface area contributed by atoms with Crippen molar-refractivity contribution in [1.29, 1.82) is 0 Å². The molecule has 0 amide bonds. The van der Waals surface area contributed by atoms with E-state index in [0.29, 0.717) is 30.4 Å². The summed E-state index contributed by atoms with van der Waals surface area (Å²) in [5.41, 5.74) is -0.0351. The van der Waals surface area contributed by atoms with E-state index in [0.717, 1.165) is 25.7 Å². The monoisotopic (exact) mass is 504 g/mol. The smallest absolute Gasteiger partial charge is 0.330 e. The highest BCUT2D eigenvalue weighted by Gasteiger charge is 2.69. The molecule has 8 atom stereocenters. The highest BCUT2D eigenvalue weighted by molar-refractivity contribution is 5.87. The van der Waals surface area contributed by atoms with Crippen LogP contribution in [-0.4, -0.2) is 53.4 Å². The average Bonchev–Trinajstić information content (AvgIpc) is 3.08. The summed E-state index contributed by atoms with van der Waals surface area (Å²) in [4.78, 5) is 24.0. The van der Waals surface area contributed by atoms with E-state index in [-0.39, 0.29) is 29.9 Å². The van der Waals surface area contributed by atoms with Crippen LogP contribution in [0.15, 0.2) is 24.3 Å². The second-order valence-electron chi connectivity index (χ2n) is 10.7. The molecule has 0 unspecified atom stereocenters. The standard InChI is InChI=1S/C27H36O9/c1-16-5-8-20-17(2)24(33-25-27(20)19(16)11-12-26(3,34-25)35-36-27)32-14-4-13-31-23(30)10-7-18-6-9-21(28)22(29)15-18/h6-7,9-10,15-17,19-20,24-25,28-29H,4-5,8,11-14H2,1-3H3/b10-7+/t16-,17-,19+,20+,24+,25-,26+,27-/m1/s1. The van der Waals surface area contributed by atoms with Crippen molar-refractivity contribution in [3.63, 3.8) is 0 Å². The Bertz CT molecular complexity index is 995. The third-order valence-electron chi connectivity index (χ3n) is 8.32. The lowest BCUT2D eigenvalue weighted by atomic mass is 9.58. The summed E-state index contributed by atoms with van der Waals surface area (Å²) < 4.78 is 24.1. The quantitative estimate of drug-likeness (QED) is 0.185. The molecule has 5 aliphatic rings. The van der Waals surface area contributed by atoms with E-state index < -0.39 is 29.9 Å². The van der Waals surface area contributed by atoms with E-state index in [2.05, 4.69) is 13.8 Å². The first-order valence-corrected chi connectivity index (χ1v) is 12.9. The number of ether oxygens (including phenoxy) is 4. The van der Waals surface area contributed by atoms with Crippen molar-refractivity contribution in [2.75, 3.05) is 13.2 Å². The Hall–Kier alpha value is -2.17. The van der Waals surface area contributed by atoms with E-state index in [1.807, 2.05) is 6.92 Å². The molecule has 1 saturated carbocycles. The van der Waals surface area contributed by atoms with Gasteiger partial charge >= 0.3 is 5.97 Å². The highest BCUT2D eigenvalue weighted by Crippen LogP contribution is 2.60. The lowest BCUT2D eigenvalue weighted by Crippen LogP contribution is -2.70. The van der Waals surface area contributed by atoms with Crippen LogP contribution in [0.5, 0.6) is 11.5 Å². The molecule has 1 aromatic rings. The molecule has 9 nitrogen and oxygen atoms in total. The molecule has 4 heterocycles. The van der Waals surface area contributed by atoms with Gasteiger partial charge in [0.25, 0.3) is 0 Å². The summed E-state index contributed by atoms with van der Waals surface area (Å²) in [6.45, 7) is 6.91. The number of hydrogen-bond donors (Lipinski definition) is 2. The minimum absolute atomic E-state index is 0.0955. The minimum atomic E-state index is -0.816. The van der Waals surface area contributed by atoms with Crippen molar-refractivity contribution in [3.8, 4) is 11.5 Å². The molecule has 5 fully saturated rings. The second kappa shape index (κ2) is 9.95. The van der Waals surface area contributed by atoms with Gasteiger partial charge in [0.2, 0.25) is 5.79 Å². The van der Waals surface area contributed by atoms with E-state index in [9.17, 15) is 15.0 Å². The third-order valence-corrected chi connectivity index (χ3v) is 8.32. The van der Waals surface area contributed by atoms with Gasteiger partial charge in [-0.2, -0.15) is 0 Å². The van der Waals surface area contributed by atoms with Gasteiger partial charge < -0.3 is 29.2 Å². The zero-order valence-corrected chi connectivity index (χ0v) is 21.1. The molecule has 2 N–H and O–H groups in total. The number of carbonyl (C=O) groups is 1. The Morgan fingerprint density at radius 3 is 2.75 bits per heavy atom. The number of hydrogen-bond acceptors (Lipinski definition) is 9. The molecule has 1 aromatic carbocycles. The molecule has 4 aliphatic heterocycles. The first kappa shape index (κ1) is 25.5. The number of fused-ring (bicyclic) bond motifs is 2. The van der Waals surface area contributed by atoms with Gasteiger partial charge in [0.15, 0.2) is 29.7 Å². The van der Waals surface area contributed by atoms with Gasteiger partial charge in [0, 0.05) is 30.8 Å². The molecule has 6 rings (SSSR count). The molecule has 0 radical (unpaired) electrons. The van der Waals surface area contributed by atoms with Crippen LogP contribution >= 0.6 is 0 Å². The Labute approximate surface area is 211 Å². The van der Waals surface area contributed by atoms with Gasteiger partial charge in [-0.3, -0.25) is 0 Å². The lowest BCUT2D eigenvalue weighted by Gasteiger charge is -2.60. The largest absolute Gasteiger partial charge is 0.504 e. The SMILES string of the molecule is C[C@H]1[C@@H](OCCCOC(=O)/C=C/c2ccc(O)c(O)c2)O[C@@H]2O[C@]3(C)CC[C@H]4[C@H](C)CC[C@@H]1[C@@]24OO3. The van der Waals surface area contributed by atoms with Crippen molar-refractivity contribution in [2.24, 2.45) is 23.7 Å². The number of esters is 1. The van der Waals surface area contributed by atoms with Crippen LogP contribution in [-0.2, 0) is 33.5 Å². The maximum Gasteiger partial charge on any atom is 0.330 e. The molecule has 1 aliphatic carbocycles. The van der Waals surface area contributed by atoms with Crippen LogP contribution in [0.3, 0.4) is 0 Å². The molecule has 2 bridgehead atoms. The summed E-state index contributed by atoms with van der Waals surface area (Å²) in [6.07, 6.45) is 6.22. The minimum Gasteiger partial charge on any atom is -0.504 e. The van der Waals surface area contributed by atoms with E-state index in [1.165, 1.54) is 24.3 Å². The zero-order chi connectivity index (χ0) is 25.5. The van der Waals surface area contributed by atoms with Gasteiger partial charge in [0.1, 0.15) is 0 Å². The van der Waals surface area contributed by atoms with Crippen LogP contribution in [0, 0.1) is 23.7 Å². The van der Waals surface area contributed by atoms with E-state index in [1.54, 1.807) is 6.07 Å². The third kappa shape index (κ3) is 4.63. The molecular formula is C27H36O9. The maximum absolute atomic E-state index is 12.0. The summed E-state index contributed by atoms with van der Waals surface area (Å²) in [5.74, 6) is -0.662. The molecule has 1 spiro atoms. The molecule has 36 heavy (non-hydrogen) atoms. The van der Waals surface area contributed by atoms with Crippen LogP contribution < -0.4 is 0 Å². The van der Waals surface area contributed by atoms with Crippen molar-refractivity contribution < 1.29 is 43.7 Å². The Morgan fingerprint density at radius 1 is 1.11 bits per heavy atom. The Morgan fingerprint density at radius 2 is 1.94 bits per heavy atom. The Kier molecular flexibility index (Phi) is 7.04. The van der Waals surface area contributed by atoms with Gasteiger partial charge in [-0.25, -0.2) is 14.6 Å². The maximum atomic E-state index is 12.0. The van der Waals surface area contributed by atoms with Gasteiger partial charge in [-0.15, -0.1) is 0 Å². The predicted octanol–water partition coefficient (Wildman–Crippen LogP) is 4.27. The fourth-order valence-corrected chi connectivity index (χ4v) is 6.35. The molecule has 0 aromatic heterocycles. The van der Waals surface area contributed by atoms with Crippen molar-refractivity contribution in [1.82, 2.24) is 0 Å². The predicted molar refractivity (Wildman–Crippen MR) is 127 cm³/mol. The number of rotatable bonds is 7. The van der Waals surface area contributed by atoms with Gasteiger partial charge in [0.05, 0.1) is 13.2 Å². The zero-order valence-electron chi connectivity index (χ0n) is 21.1. The van der Waals surface area contributed by atoms with Crippen molar-refractivity contribution in [3.05, 3.63) is 29.8 Å². The van der Waals surface area contributed by atoms with Crippen molar-refractivity contribution >= 4 is 12.0 Å². The molecule has 9 heteroatoms. The summed E-state index contributed by atoms with van der Waals surface area (Å²) in [7, 11) is 0. The van der Waals surface area contributed by atoms with Crippen LogP contribution in [0.1, 0.15) is 58.4 Å². The normalized spacial score (nSPS) is 39.5. The van der Waals surface area contributed by atoms with Crippen LogP contribution in [0.4, 0.5) is 0 Å². The van der Waals surface area contributed by atoms with E-state index in [4.69, 9.17) is 28.7 Å². The second-order valence-corrected chi connectivity index (χ2v) is 10.7. The van der Waals surface area contributed by atoms with Gasteiger partial charge in [-0.05, 0) is 61.8 Å². The van der Waals surface area contributed by atoms with E-state index >= 15 is 0 Å². The average molecular weight is 505 g/mol. The summed E-state index contributed by atoms with van der Waals surface area (Å²) in [5, 5.41) is 18.9. The lowest BCUT2D eigenvalue weighted by molar-refractivity contribution is -0.577. The molecule has 198 valence electrons. The topological polar surface area (TPSA) is 113 Å². The first-order valence-electron chi connectivity index (χ1n) is 12.9. The van der Waals surface area contributed by atoms with Gasteiger partial charge in [-0.1, -0.05) is 19.9 Å². The van der Waals surface area contributed by atoms with Crippen LogP contribution in [0.2, 0.25) is 0 Å². The fourth-order valence-electron chi connectivity index (χ4n) is 6.35. The number of aromatic hydroxyl groups is 2. The van der Waals surface area contributed by atoms with Crippen molar-refractivity contribution in [2.45, 2.75) is 76.8 Å². The number of carbonyl (C=O) groups excluding carboxylic acids is 1. The number of benzene rings is 1. The van der Waals surface area contributed by atoms with Crippen LogP contribution in [0.25, 0.3) is 6.08 Å². The molecule has 4 saturated heterocycles. The number of phenolic OH excluding ortho intramolecular Hbond substituents is 2. The summed E-state index contributed by atoms with van der Waals surface area (Å²) in [6, 6.07) is 4.30. The molecular weight excluding hydrogens is 468 g/mol. The number of phenols is 2. The fraction of sp³-hybridized carbons (Fsp3) is 0.667. The summed E-state index contributed by atoms with van der Waals surface area (Å²) >= 11 is 0.